The van der Waals surface area contributed by atoms with E-state index < -0.39 is 5.97 Å². The van der Waals surface area contributed by atoms with Crippen molar-refractivity contribution < 1.29 is 9.90 Å². The van der Waals surface area contributed by atoms with Crippen LogP contribution in [0.15, 0.2) is 18.2 Å². The Morgan fingerprint density at radius 1 is 1.29 bits per heavy atom. The third-order valence-electron chi connectivity index (χ3n) is 4.02. The second-order valence-electron chi connectivity index (χ2n) is 4.95. The zero-order chi connectivity index (χ0) is 11.9. The molecule has 0 saturated carbocycles. The second kappa shape index (κ2) is 3.74. The highest BCUT2D eigenvalue weighted by Crippen LogP contribution is 2.43. The minimum atomic E-state index is -0.844. The lowest BCUT2D eigenvalue weighted by Gasteiger charge is -2.34. The van der Waals surface area contributed by atoms with Crippen molar-refractivity contribution in [1.29, 1.82) is 0 Å². The Morgan fingerprint density at radius 3 is 2.76 bits per heavy atom. The highest BCUT2D eigenvalue weighted by atomic mass is 16.4. The van der Waals surface area contributed by atoms with Crippen LogP contribution in [0.1, 0.15) is 28.8 Å². The molecule has 90 valence electrons. The molecule has 4 heteroatoms. The first-order valence-corrected chi connectivity index (χ1v) is 6.04. The number of hydrogen-bond donors (Lipinski definition) is 3. The van der Waals surface area contributed by atoms with Crippen LogP contribution in [-0.2, 0) is 5.41 Å². The predicted molar refractivity (Wildman–Crippen MR) is 65.7 cm³/mol. The van der Waals surface area contributed by atoms with Crippen LogP contribution in [-0.4, -0.2) is 30.7 Å². The number of carboxylic acid groups (broad SMARTS) is 1. The van der Waals surface area contributed by atoms with Gasteiger partial charge >= 0.3 is 5.97 Å². The number of nitrogens with one attached hydrogen (secondary N) is 2. The van der Waals surface area contributed by atoms with E-state index in [0.29, 0.717) is 5.56 Å². The molecule has 1 spiro atoms. The van der Waals surface area contributed by atoms with Crippen LogP contribution >= 0.6 is 0 Å². The van der Waals surface area contributed by atoms with Crippen molar-refractivity contribution in [2.24, 2.45) is 0 Å². The lowest BCUT2D eigenvalue weighted by Crippen LogP contribution is -2.41. The van der Waals surface area contributed by atoms with E-state index in [0.717, 1.165) is 38.2 Å². The first-order valence-electron chi connectivity index (χ1n) is 6.04. The molecule has 1 saturated heterocycles. The molecule has 2 heterocycles. The van der Waals surface area contributed by atoms with E-state index in [4.69, 9.17) is 5.11 Å². The standard InChI is InChI=1S/C13H16N2O2/c16-12(17)9-1-2-11-10(7-9)13(8-15-11)3-5-14-6-4-13/h1-2,7,14-15H,3-6,8H2,(H,16,17). The van der Waals surface area contributed by atoms with Crippen molar-refractivity contribution in [3.05, 3.63) is 29.3 Å². The molecule has 0 aliphatic carbocycles. The van der Waals surface area contributed by atoms with Gasteiger partial charge in [0.2, 0.25) is 0 Å². The third-order valence-corrected chi connectivity index (χ3v) is 4.02. The van der Waals surface area contributed by atoms with Gasteiger partial charge in [-0.25, -0.2) is 4.79 Å². The fourth-order valence-electron chi connectivity index (χ4n) is 2.98. The van der Waals surface area contributed by atoms with Crippen LogP contribution in [0.25, 0.3) is 0 Å². The van der Waals surface area contributed by atoms with Gasteiger partial charge in [-0.2, -0.15) is 0 Å². The van der Waals surface area contributed by atoms with Gasteiger partial charge in [0.25, 0.3) is 0 Å². The number of carboxylic acids is 1. The van der Waals surface area contributed by atoms with E-state index in [1.165, 1.54) is 5.56 Å². The average molecular weight is 232 g/mol. The average Bonchev–Trinajstić information content (AvgIpc) is 2.69. The van der Waals surface area contributed by atoms with Crippen LogP contribution in [0.3, 0.4) is 0 Å². The molecule has 2 aliphatic rings. The van der Waals surface area contributed by atoms with E-state index in [2.05, 4.69) is 10.6 Å². The summed E-state index contributed by atoms with van der Waals surface area (Å²) in [5.41, 5.74) is 2.84. The smallest absolute Gasteiger partial charge is 0.335 e. The summed E-state index contributed by atoms with van der Waals surface area (Å²) in [6.07, 6.45) is 2.16. The summed E-state index contributed by atoms with van der Waals surface area (Å²) in [7, 11) is 0. The molecule has 1 aromatic rings. The highest BCUT2D eigenvalue weighted by molar-refractivity contribution is 5.89. The Balaban J connectivity index is 2.04. The second-order valence-corrected chi connectivity index (χ2v) is 4.95. The summed E-state index contributed by atoms with van der Waals surface area (Å²) in [4.78, 5) is 11.0. The molecule has 1 fully saturated rings. The first-order chi connectivity index (χ1) is 8.21. The van der Waals surface area contributed by atoms with Gasteiger partial charge in [-0.05, 0) is 49.7 Å². The predicted octanol–water partition coefficient (Wildman–Crippen LogP) is 1.43. The van der Waals surface area contributed by atoms with Crippen molar-refractivity contribution in [3.8, 4) is 0 Å². The van der Waals surface area contributed by atoms with Gasteiger partial charge in [-0.1, -0.05) is 0 Å². The van der Waals surface area contributed by atoms with E-state index in [-0.39, 0.29) is 5.41 Å². The summed E-state index contributed by atoms with van der Waals surface area (Å²) in [6, 6.07) is 5.42. The number of aromatic carboxylic acids is 1. The molecule has 3 rings (SSSR count). The summed E-state index contributed by atoms with van der Waals surface area (Å²) in [6.45, 7) is 2.96. The quantitative estimate of drug-likeness (QED) is 0.685. The van der Waals surface area contributed by atoms with E-state index in [1.54, 1.807) is 6.07 Å². The Kier molecular flexibility index (Phi) is 2.33. The van der Waals surface area contributed by atoms with Crippen molar-refractivity contribution >= 4 is 11.7 Å². The van der Waals surface area contributed by atoms with Crippen LogP contribution in [0.5, 0.6) is 0 Å². The minimum absolute atomic E-state index is 0.145. The number of rotatable bonds is 1. The van der Waals surface area contributed by atoms with Gasteiger partial charge in [0.15, 0.2) is 0 Å². The molecule has 0 atom stereocenters. The number of anilines is 1. The van der Waals surface area contributed by atoms with Crippen LogP contribution in [0.4, 0.5) is 5.69 Å². The molecule has 0 bridgehead atoms. The minimum Gasteiger partial charge on any atom is -0.478 e. The van der Waals surface area contributed by atoms with Crippen molar-refractivity contribution in [2.75, 3.05) is 25.0 Å². The van der Waals surface area contributed by atoms with E-state index >= 15 is 0 Å². The van der Waals surface area contributed by atoms with Crippen LogP contribution < -0.4 is 10.6 Å². The number of hydrogen-bond acceptors (Lipinski definition) is 3. The maximum Gasteiger partial charge on any atom is 0.335 e. The lowest BCUT2D eigenvalue weighted by atomic mass is 9.74. The number of fused-ring (bicyclic) bond motifs is 2. The molecule has 2 aliphatic heterocycles. The van der Waals surface area contributed by atoms with Crippen molar-refractivity contribution in [2.45, 2.75) is 18.3 Å². The number of piperidine rings is 1. The van der Waals surface area contributed by atoms with Crippen molar-refractivity contribution in [3.63, 3.8) is 0 Å². The van der Waals surface area contributed by atoms with E-state index in [1.807, 2.05) is 12.1 Å². The summed E-state index contributed by atoms with van der Waals surface area (Å²) in [5, 5.41) is 15.8. The molecule has 0 radical (unpaired) electrons. The van der Waals surface area contributed by atoms with Gasteiger partial charge in [0.1, 0.15) is 0 Å². The number of benzene rings is 1. The fourth-order valence-corrected chi connectivity index (χ4v) is 2.98. The van der Waals surface area contributed by atoms with Gasteiger partial charge in [0, 0.05) is 17.6 Å². The molecule has 3 N–H and O–H groups in total. The summed E-state index contributed by atoms with van der Waals surface area (Å²) < 4.78 is 0. The zero-order valence-electron chi connectivity index (χ0n) is 9.62. The molecular formula is C13H16N2O2. The zero-order valence-corrected chi connectivity index (χ0v) is 9.62. The summed E-state index contributed by atoms with van der Waals surface area (Å²) in [5.74, 6) is -0.844. The third kappa shape index (κ3) is 1.60. The Bertz CT molecular complexity index is 459. The Hall–Kier alpha value is -1.55. The van der Waals surface area contributed by atoms with Crippen LogP contribution in [0.2, 0.25) is 0 Å². The lowest BCUT2D eigenvalue weighted by molar-refractivity contribution is 0.0696. The molecule has 0 aromatic heterocycles. The first kappa shape index (κ1) is 10.6. The van der Waals surface area contributed by atoms with Crippen LogP contribution in [0, 0.1) is 0 Å². The molecule has 0 amide bonds. The Morgan fingerprint density at radius 2 is 2.06 bits per heavy atom. The molecule has 1 aromatic carbocycles. The maximum atomic E-state index is 11.0. The van der Waals surface area contributed by atoms with Gasteiger partial charge in [-0.15, -0.1) is 0 Å². The fraction of sp³-hybridized carbons (Fsp3) is 0.462. The van der Waals surface area contributed by atoms with E-state index in [9.17, 15) is 4.79 Å². The Labute approximate surface area is 100 Å². The van der Waals surface area contributed by atoms with Gasteiger partial charge in [-0.3, -0.25) is 0 Å². The molecular weight excluding hydrogens is 216 g/mol. The molecule has 4 nitrogen and oxygen atoms in total. The van der Waals surface area contributed by atoms with Gasteiger partial charge in [0.05, 0.1) is 5.56 Å². The molecule has 0 unspecified atom stereocenters. The maximum absolute atomic E-state index is 11.0. The van der Waals surface area contributed by atoms with Crippen molar-refractivity contribution in [1.82, 2.24) is 5.32 Å². The monoisotopic (exact) mass is 232 g/mol. The SMILES string of the molecule is O=C(O)c1ccc2c(c1)C1(CCNCC1)CN2. The van der Waals surface area contributed by atoms with Gasteiger partial charge < -0.3 is 15.7 Å². The largest absolute Gasteiger partial charge is 0.478 e. The topological polar surface area (TPSA) is 61.4 Å². The highest BCUT2D eigenvalue weighted by Gasteiger charge is 2.39. The summed E-state index contributed by atoms with van der Waals surface area (Å²) >= 11 is 0. The normalized spacial score (nSPS) is 20.9. The number of carbonyl (C=O) groups is 1. The molecule has 17 heavy (non-hydrogen) atoms.